The van der Waals surface area contributed by atoms with Crippen molar-refractivity contribution in [3.63, 3.8) is 0 Å². The molecule has 0 aliphatic heterocycles. The fourth-order valence-corrected chi connectivity index (χ4v) is 2.70. The first-order chi connectivity index (χ1) is 8.04. The number of aliphatic hydroxyl groups excluding tert-OH is 1. The predicted molar refractivity (Wildman–Crippen MR) is 70.5 cm³/mol. The minimum absolute atomic E-state index is 0.231. The molecule has 0 fully saturated rings. The zero-order valence-electron chi connectivity index (χ0n) is 11.0. The molecule has 2 N–H and O–H groups in total. The van der Waals surface area contributed by atoms with Crippen molar-refractivity contribution in [3.8, 4) is 0 Å². The minimum Gasteiger partial charge on any atom is -0.391 e. The SMILES string of the molecule is COCC(O)CCNC(C)c1nc(C)sc1C. The summed E-state index contributed by atoms with van der Waals surface area (Å²) < 4.78 is 4.88. The van der Waals surface area contributed by atoms with Crippen molar-refractivity contribution in [1.29, 1.82) is 0 Å². The summed E-state index contributed by atoms with van der Waals surface area (Å²) in [7, 11) is 1.60. The van der Waals surface area contributed by atoms with Crippen LogP contribution in [0.4, 0.5) is 0 Å². The third kappa shape index (κ3) is 4.71. The zero-order valence-corrected chi connectivity index (χ0v) is 11.8. The van der Waals surface area contributed by atoms with Gasteiger partial charge in [-0.1, -0.05) is 0 Å². The molecule has 1 aromatic heterocycles. The summed E-state index contributed by atoms with van der Waals surface area (Å²) in [4.78, 5) is 5.78. The maximum Gasteiger partial charge on any atom is 0.0900 e. The number of methoxy groups -OCH3 is 1. The number of nitrogens with zero attached hydrogens (tertiary/aromatic N) is 1. The molecule has 1 heterocycles. The number of aromatic nitrogens is 1. The van der Waals surface area contributed by atoms with Gasteiger partial charge in [-0.2, -0.15) is 0 Å². The summed E-state index contributed by atoms with van der Waals surface area (Å²) in [5.74, 6) is 0. The molecule has 0 saturated carbocycles. The lowest BCUT2D eigenvalue weighted by atomic mass is 10.2. The smallest absolute Gasteiger partial charge is 0.0900 e. The number of thiazole rings is 1. The number of rotatable bonds is 7. The molecule has 0 aromatic carbocycles. The molecule has 17 heavy (non-hydrogen) atoms. The number of aryl methyl sites for hydroxylation is 2. The van der Waals surface area contributed by atoms with Gasteiger partial charge in [-0.05, 0) is 33.7 Å². The van der Waals surface area contributed by atoms with E-state index in [0.717, 1.165) is 17.2 Å². The minimum atomic E-state index is -0.391. The van der Waals surface area contributed by atoms with E-state index >= 15 is 0 Å². The van der Waals surface area contributed by atoms with Crippen LogP contribution in [0.5, 0.6) is 0 Å². The van der Waals surface area contributed by atoms with Gasteiger partial charge in [0, 0.05) is 18.0 Å². The van der Waals surface area contributed by atoms with Crippen molar-refractivity contribution in [1.82, 2.24) is 10.3 Å². The molecule has 2 atom stereocenters. The van der Waals surface area contributed by atoms with E-state index in [1.165, 1.54) is 4.88 Å². The van der Waals surface area contributed by atoms with Gasteiger partial charge in [-0.25, -0.2) is 4.98 Å². The average molecular weight is 258 g/mol. The average Bonchev–Trinajstić information content (AvgIpc) is 2.58. The van der Waals surface area contributed by atoms with Gasteiger partial charge in [-0.3, -0.25) is 0 Å². The van der Waals surface area contributed by atoms with E-state index < -0.39 is 6.10 Å². The van der Waals surface area contributed by atoms with E-state index in [9.17, 15) is 5.11 Å². The van der Waals surface area contributed by atoms with Crippen LogP contribution < -0.4 is 5.32 Å². The molecule has 0 bridgehead atoms. The highest BCUT2D eigenvalue weighted by Gasteiger charge is 2.13. The van der Waals surface area contributed by atoms with Crippen molar-refractivity contribution in [2.45, 2.75) is 39.3 Å². The second kappa shape index (κ2) is 7.06. The van der Waals surface area contributed by atoms with Crippen molar-refractivity contribution in [2.24, 2.45) is 0 Å². The third-order valence-electron chi connectivity index (χ3n) is 2.64. The first-order valence-corrected chi connectivity index (χ1v) is 6.70. The Morgan fingerprint density at radius 3 is 2.71 bits per heavy atom. The van der Waals surface area contributed by atoms with E-state index in [0.29, 0.717) is 13.0 Å². The molecule has 0 radical (unpaired) electrons. The van der Waals surface area contributed by atoms with Gasteiger partial charge >= 0.3 is 0 Å². The van der Waals surface area contributed by atoms with Gasteiger partial charge in [-0.15, -0.1) is 11.3 Å². The molecule has 1 rings (SSSR count). The van der Waals surface area contributed by atoms with Crippen LogP contribution in [0.15, 0.2) is 0 Å². The molecule has 5 heteroatoms. The van der Waals surface area contributed by atoms with Gasteiger partial charge in [0.25, 0.3) is 0 Å². The van der Waals surface area contributed by atoms with Gasteiger partial charge in [0.1, 0.15) is 0 Å². The highest BCUT2D eigenvalue weighted by Crippen LogP contribution is 2.22. The summed E-state index contributed by atoms with van der Waals surface area (Å²) >= 11 is 1.72. The van der Waals surface area contributed by atoms with E-state index in [1.54, 1.807) is 18.4 Å². The Balaban J connectivity index is 2.35. The molecule has 0 aliphatic rings. The summed E-state index contributed by atoms with van der Waals surface area (Å²) in [6.45, 7) is 7.38. The predicted octanol–water partition coefficient (Wildman–Crippen LogP) is 1.81. The Labute approximate surface area is 107 Å². The zero-order chi connectivity index (χ0) is 12.8. The number of nitrogens with one attached hydrogen (secondary N) is 1. The van der Waals surface area contributed by atoms with Crippen molar-refractivity contribution in [2.75, 3.05) is 20.3 Å². The first kappa shape index (κ1) is 14.6. The Hall–Kier alpha value is -0.490. The standard InChI is InChI=1S/C12H22N2O2S/c1-8(12-9(2)17-10(3)14-12)13-6-5-11(15)7-16-4/h8,11,13,15H,5-7H2,1-4H3. The third-order valence-corrected chi connectivity index (χ3v) is 3.54. The molecule has 2 unspecified atom stereocenters. The number of hydrogen-bond acceptors (Lipinski definition) is 5. The molecular formula is C12H22N2O2S. The van der Waals surface area contributed by atoms with Crippen LogP contribution in [0.3, 0.4) is 0 Å². The molecule has 0 amide bonds. The first-order valence-electron chi connectivity index (χ1n) is 5.89. The monoisotopic (exact) mass is 258 g/mol. The van der Waals surface area contributed by atoms with Gasteiger partial charge < -0.3 is 15.2 Å². The Bertz CT molecular complexity index is 341. The number of ether oxygens (including phenoxy) is 1. The molecule has 1 aromatic rings. The summed E-state index contributed by atoms with van der Waals surface area (Å²) in [5.41, 5.74) is 1.12. The fourth-order valence-electron chi connectivity index (χ4n) is 1.79. The Kier molecular flexibility index (Phi) is 6.05. The van der Waals surface area contributed by atoms with Crippen molar-refractivity contribution < 1.29 is 9.84 Å². The summed E-state index contributed by atoms with van der Waals surface area (Å²) in [6, 6.07) is 0.231. The lowest BCUT2D eigenvalue weighted by Crippen LogP contribution is -2.26. The van der Waals surface area contributed by atoms with Crippen molar-refractivity contribution >= 4 is 11.3 Å². The number of aliphatic hydroxyl groups is 1. The highest BCUT2D eigenvalue weighted by atomic mass is 32.1. The number of hydrogen-bond donors (Lipinski definition) is 2. The molecule has 0 aliphatic carbocycles. The topological polar surface area (TPSA) is 54.4 Å². The van der Waals surface area contributed by atoms with E-state index in [-0.39, 0.29) is 6.04 Å². The van der Waals surface area contributed by atoms with Gasteiger partial charge in [0.15, 0.2) is 0 Å². The van der Waals surface area contributed by atoms with Crippen LogP contribution in [-0.4, -0.2) is 36.5 Å². The maximum atomic E-state index is 9.51. The Morgan fingerprint density at radius 1 is 1.47 bits per heavy atom. The maximum absolute atomic E-state index is 9.51. The molecule has 0 spiro atoms. The molecule has 98 valence electrons. The Morgan fingerprint density at radius 2 is 2.18 bits per heavy atom. The second-order valence-electron chi connectivity index (χ2n) is 4.25. The van der Waals surface area contributed by atoms with Crippen LogP contribution in [0.1, 0.15) is 35.0 Å². The van der Waals surface area contributed by atoms with E-state index in [1.807, 2.05) is 6.92 Å². The van der Waals surface area contributed by atoms with E-state index in [2.05, 4.69) is 24.1 Å². The summed E-state index contributed by atoms with van der Waals surface area (Å²) in [6.07, 6.45) is 0.304. The van der Waals surface area contributed by atoms with Crippen molar-refractivity contribution in [3.05, 3.63) is 15.6 Å². The van der Waals surface area contributed by atoms with Gasteiger partial charge in [0.05, 0.1) is 23.4 Å². The van der Waals surface area contributed by atoms with Crippen LogP contribution in [0.2, 0.25) is 0 Å². The second-order valence-corrected chi connectivity index (χ2v) is 5.66. The van der Waals surface area contributed by atoms with Crippen LogP contribution in [0.25, 0.3) is 0 Å². The van der Waals surface area contributed by atoms with E-state index in [4.69, 9.17) is 4.74 Å². The van der Waals surface area contributed by atoms with Crippen LogP contribution in [-0.2, 0) is 4.74 Å². The molecule has 0 saturated heterocycles. The highest BCUT2D eigenvalue weighted by molar-refractivity contribution is 7.11. The molecule has 4 nitrogen and oxygen atoms in total. The lowest BCUT2D eigenvalue weighted by molar-refractivity contribution is 0.0590. The van der Waals surface area contributed by atoms with Crippen LogP contribution in [0, 0.1) is 13.8 Å². The van der Waals surface area contributed by atoms with Crippen LogP contribution >= 0.6 is 11.3 Å². The summed E-state index contributed by atoms with van der Waals surface area (Å²) in [5, 5.41) is 14.0. The lowest BCUT2D eigenvalue weighted by Gasteiger charge is -2.14. The van der Waals surface area contributed by atoms with Gasteiger partial charge in [0.2, 0.25) is 0 Å². The normalized spacial score (nSPS) is 14.9. The fraction of sp³-hybridized carbons (Fsp3) is 0.750. The quantitative estimate of drug-likeness (QED) is 0.783. The molecular weight excluding hydrogens is 236 g/mol. The largest absolute Gasteiger partial charge is 0.391 e.